The Bertz CT molecular complexity index is 1110. The van der Waals surface area contributed by atoms with Crippen LogP contribution >= 0.6 is 11.3 Å². The molecule has 6 nitrogen and oxygen atoms in total. The number of hydrogen-bond donors (Lipinski definition) is 1. The Kier molecular flexibility index (Phi) is 5.83. The van der Waals surface area contributed by atoms with E-state index in [4.69, 9.17) is 4.42 Å². The van der Waals surface area contributed by atoms with Gasteiger partial charge in [0.25, 0.3) is 5.91 Å². The zero-order valence-corrected chi connectivity index (χ0v) is 18.0. The Morgan fingerprint density at radius 1 is 1.20 bits per heavy atom. The van der Waals surface area contributed by atoms with Gasteiger partial charge in [-0.05, 0) is 67.7 Å². The van der Waals surface area contributed by atoms with Crippen LogP contribution in [0.4, 0.5) is 0 Å². The van der Waals surface area contributed by atoms with Crippen LogP contribution in [-0.4, -0.2) is 41.2 Å². The summed E-state index contributed by atoms with van der Waals surface area (Å²) >= 11 is 1.65. The molecule has 1 N–H and O–H groups in total. The molecule has 0 saturated heterocycles. The highest BCUT2D eigenvalue weighted by Crippen LogP contribution is 2.26. The summed E-state index contributed by atoms with van der Waals surface area (Å²) in [7, 11) is 4.03. The molecule has 0 aliphatic rings. The molecule has 4 rings (SSSR count). The number of para-hydroxylation sites is 1. The van der Waals surface area contributed by atoms with Gasteiger partial charge in [-0.2, -0.15) is 16.4 Å². The summed E-state index contributed by atoms with van der Waals surface area (Å²) in [5, 5.41) is 11.9. The topological polar surface area (TPSA) is 63.3 Å². The van der Waals surface area contributed by atoms with E-state index in [9.17, 15) is 4.79 Å². The number of furan rings is 1. The van der Waals surface area contributed by atoms with Crippen LogP contribution in [0.5, 0.6) is 0 Å². The van der Waals surface area contributed by atoms with Crippen molar-refractivity contribution in [2.45, 2.75) is 13.0 Å². The summed E-state index contributed by atoms with van der Waals surface area (Å²) < 4.78 is 7.48. The second kappa shape index (κ2) is 8.69. The van der Waals surface area contributed by atoms with Crippen molar-refractivity contribution in [1.82, 2.24) is 20.0 Å². The van der Waals surface area contributed by atoms with Crippen LogP contribution < -0.4 is 5.32 Å². The molecular weight excluding hydrogens is 396 g/mol. The van der Waals surface area contributed by atoms with E-state index in [0.717, 1.165) is 11.4 Å². The number of rotatable bonds is 7. The fourth-order valence-corrected chi connectivity index (χ4v) is 4.05. The molecule has 0 bridgehead atoms. The summed E-state index contributed by atoms with van der Waals surface area (Å²) in [6, 6.07) is 15.6. The number of amides is 1. The summed E-state index contributed by atoms with van der Waals surface area (Å²) in [6.07, 6.45) is 1.76. The Morgan fingerprint density at radius 3 is 2.63 bits per heavy atom. The first-order valence-corrected chi connectivity index (χ1v) is 10.7. The fourth-order valence-electron chi connectivity index (χ4n) is 3.34. The minimum atomic E-state index is -0.177. The Balaban J connectivity index is 1.63. The highest BCUT2D eigenvalue weighted by atomic mass is 32.1. The highest BCUT2D eigenvalue weighted by molar-refractivity contribution is 7.07. The van der Waals surface area contributed by atoms with Crippen LogP contribution in [0.15, 0.2) is 69.9 Å². The van der Waals surface area contributed by atoms with Crippen LogP contribution in [0.3, 0.4) is 0 Å². The molecule has 7 heteroatoms. The summed E-state index contributed by atoms with van der Waals surface area (Å²) in [5.74, 6) is 1.17. The number of carbonyl (C=O) groups is 1. The van der Waals surface area contributed by atoms with Crippen LogP contribution in [0.25, 0.3) is 17.1 Å². The first-order valence-electron chi connectivity index (χ1n) is 9.71. The van der Waals surface area contributed by atoms with E-state index < -0.39 is 0 Å². The molecule has 3 heterocycles. The molecule has 1 amide bonds. The van der Waals surface area contributed by atoms with Gasteiger partial charge in [0.1, 0.15) is 11.5 Å². The number of nitrogens with one attached hydrogen (secondary N) is 1. The average molecular weight is 421 g/mol. The summed E-state index contributed by atoms with van der Waals surface area (Å²) in [6.45, 7) is 2.37. The van der Waals surface area contributed by atoms with Gasteiger partial charge in [0.2, 0.25) is 0 Å². The molecule has 30 heavy (non-hydrogen) atoms. The second-order valence-corrected chi connectivity index (χ2v) is 8.11. The number of likely N-dealkylation sites (N-methyl/N-ethyl adjacent to an activating group) is 1. The van der Waals surface area contributed by atoms with Crippen molar-refractivity contribution in [2.24, 2.45) is 0 Å². The van der Waals surface area contributed by atoms with Gasteiger partial charge in [-0.3, -0.25) is 4.79 Å². The van der Waals surface area contributed by atoms with Gasteiger partial charge in [-0.15, -0.1) is 0 Å². The van der Waals surface area contributed by atoms with Crippen molar-refractivity contribution in [3.05, 3.63) is 82.4 Å². The molecule has 0 radical (unpaired) electrons. The standard InChI is InChI=1S/C23H24N4O2S/c1-16-9-10-21(29-16)22-19(14-27(25-22)18-7-5-4-6-8-18)23(28)24-13-20(26(2)3)17-11-12-30-15-17/h4-12,14-15,20H,13H2,1-3H3,(H,24,28). The largest absolute Gasteiger partial charge is 0.460 e. The average Bonchev–Trinajstić information content (AvgIpc) is 3.49. The van der Waals surface area contributed by atoms with E-state index in [1.807, 2.05) is 63.5 Å². The van der Waals surface area contributed by atoms with Gasteiger partial charge >= 0.3 is 0 Å². The highest BCUT2D eigenvalue weighted by Gasteiger charge is 2.22. The van der Waals surface area contributed by atoms with Crippen molar-refractivity contribution in [3.63, 3.8) is 0 Å². The van der Waals surface area contributed by atoms with E-state index in [0.29, 0.717) is 23.6 Å². The van der Waals surface area contributed by atoms with Gasteiger partial charge in [0.15, 0.2) is 5.76 Å². The lowest BCUT2D eigenvalue weighted by molar-refractivity contribution is 0.0942. The lowest BCUT2D eigenvalue weighted by atomic mass is 10.1. The molecule has 0 fully saturated rings. The third-order valence-corrected chi connectivity index (χ3v) is 5.66. The van der Waals surface area contributed by atoms with Crippen molar-refractivity contribution >= 4 is 17.2 Å². The Hall–Kier alpha value is -3.16. The number of thiophene rings is 1. The maximum absolute atomic E-state index is 13.2. The predicted molar refractivity (Wildman–Crippen MR) is 119 cm³/mol. The van der Waals surface area contributed by atoms with Crippen LogP contribution in [0.1, 0.15) is 27.7 Å². The van der Waals surface area contributed by atoms with E-state index >= 15 is 0 Å². The zero-order valence-electron chi connectivity index (χ0n) is 17.2. The molecule has 0 aliphatic heterocycles. The van der Waals surface area contributed by atoms with Crippen molar-refractivity contribution in [2.75, 3.05) is 20.6 Å². The SMILES string of the molecule is Cc1ccc(-c2nn(-c3ccccc3)cc2C(=O)NCC(c2ccsc2)N(C)C)o1. The maximum atomic E-state index is 13.2. The lowest BCUT2D eigenvalue weighted by Gasteiger charge is -2.23. The van der Waals surface area contributed by atoms with Crippen molar-refractivity contribution < 1.29 is 9.21 Å². The van der Waals surface area contributed by atoms with Crippen LogP contribution in [0, 0.1) is 6.92 Å². The summed E-state index contributed by atoms with van der Waals surface area (Å²) in [4.78, 5) is 15.3. The number of aryl methyl sites for hydroxylation is 1. The van der Waals surface area contributed by atoms with Crippen LogP contribution in [0.2, 0.25) is 0 Å². The minimum absolute atomic E-state index is 0.0960. The van der Waals surface area contributed by atoms with Gasteiger partial charge in [0, 0.05) is 12.7 Å². The van der Waals surface area contributed by atoms with Crippen molar-refractivity contribution in [1.29, 1.82) is 0 Å². The van der Waals surface area contributed by atoms with E-state index in [1.54, 1.807) is 22.2 Å². The number of aromatic nitrogens is 2. The van der Waals surface area contributed by atoms with Gasteiger partial charge in [-0.1, -0.05) is 18.2 Å². The molecule has 154 valence electrons. The Morgan fingerprint density at radius 2 is 2.00 bits per heavy atom. The molecule has 0 saturated carbocycles. The predicted octanol–water partition coefficient (Wildman–Crippen LogP) is 4.53. The molecule has 0 spiro atoms. The molecule has 3 aromatic heterocycles. The lowest BCUT2D eigenvalue weighted by Crippen LogP contribution is -2.34. The number of hydrogen-bond acceptors (Lipinski definition) is 5. The first-order chi connectivity index (χ1) is 14.5. The van der Waals surface area contributed by atoms with E-state index in [-0.39, 0.29) is 11.9 Å². The smallest absolute Gasteiger partial charge is 0.255 e. The quantitative estimate of drug-likeness (QED) is 0.477. The normalized spacial score (nSPS) is 12.3. The first kappa shape index (κ1) is 20.1. The molecule has 1 unspecified atom stereocenters. The molecule has 1 atom stereocenters. The maximum Gasteiger partial charge on any atom is 0.255 e. The minimum Gasteiger partial charge on any atom is -0.460 e. The Labute approximate surface area is 179 Å². The third-order valence-electron chi connectivity index (χ3n) is 4.96. The number of nitrogens with zero attached hydrogens (tertiary/aromatic N) is 3. The number of carbonyl (C=O) groups excluding carboxylic acids is 1. The van der Waals surface area contributed by atoms with Gasteiger partial charge in [0.05, 0.1) is 17.3 Å². The van der Waals surface area contributed by atoms with Crippen LogP contribution in [-0.2, 0) is 0 Å². The molecule has 0 aliphatic carbocycles. The van der Waals surface area contributed by atoms with Gasteiger partial charge < -0.3 is 14.6 Å². The molecule has 1 aromatic carbocycles. The summed E-state index contributed by atoms with van der Waals surface area (Å²) in [5.41, 5.74) is 3.08. The third kappa shape index (κ3) is 4.22. The zero-order chi connectivity index (χ0) is 21.1. The van der Waals surface area contributed by atoms with E-state index in [1.165, 1.54) is 5.56 Å². The molecular formula is C23H24N4O2S. The number of benzene rings is 1. The van der Waals surface area contributed by atoms with E-state index in [2.05, 4.69) is 32.1 Å². The monoisotopic (exact) mass is 420 g/mol. The van der Waals surface area contributed by atoms with Gasteiger partial charge in [-0.25, -0.2) is 4.68 Å². The second-order valence-electron chi connectivity index (χ2n) is 7.33. The molecule has 4 aromatic rings. The fraction of sp³-hybridized carbons (Fsp3) is 0.217. The van der Waals surface area contributed by atoms with Crippen molar-refractivity contribution in [3.8, 4) is 17.1 Å².